The van der Waals surface area contributed by atoms with Crippen molar-refractivity contribution in [2.45, 2.75) is 13.3 Å². The number of hydrogen-bond donors (Lipinski definition) is 1. The molecular weight excluding hydrogens is 258 g/mol. The molecule has 0 saturated carbocycles. The molecule has 2 N–H and O–H groups in total. The van der Waals surface area contributed by atoms with Crippen LogP contribution in [0.2, 0.25) is 0 Å². The molecule has 0 spiro atoms. The summed E-state index contributed by atoms with van der Waals surface area (Å²) in [6, 6.07) is 1.85. The van der Waals surface area contributed by atoms with Crippen molar-refractivity contribution in [2.24, 2.45) is 7.05 Å². The zero-order valence-corrected chi connectivity index (χ0v) is 10.2. The monoisotopic (exact) mass is 269 g/mol. The van der Waals surface area contributed by atoms with Crippen molar-refractivity contribution in [1.29, 1.82) is 0 Å². The summed E-state index contributed by atoms with van der Waals surface area (Å²) in [5.41, 5.74) is 7.75. The Labute approximate surface area is 96.2 Å². The third-order valence-electron chi connectivity index (χ3n) is 2.38. The van der Waals surface area contributed by atoms with E-state index in [0.29, 0.717) is 5.82 Å². The normalized spacial score (nSPS) is 10.9. The first-order valence-electron chi connectivity index (χ1n) is 4.69. The fourth-order valence-corrected chi connectivity index (χ4v) is 1.96. The topological polar surface area (TPSA) is 57.0 Å². The van der Waals surface area contributed by atoms with E-state index in [1.807, 2.05) is 20.0 Å². The molecule has 0 aromatic carbocycles. The zero-order chi connectivity index (χ0) is 11.0. The molecule has 0 amide bonds. The van der Waals surface area contributed by atoms with Crippen molar-refractivity contribution in [3.8, 4) is 11.5 Å². The lowest BCUT2D eigenvalue weighted by molar-refractivity contribution is 0.576. The second kappa shape index (κ2) is 3.73. The quantitative estimate of drug-likeness (QED) is 0.912. The van der Waals surface area contributed by atoms with E-state index in [1.54, 1.807) is 10.9 Å². The number of furan rings is 1. The summed E-state index contributed by atoms with van der Waals surface area (Å²) in [6.45, 7) is 2.05. The molecule has 0 bridgehead atoms. The Morgan fingerprint density at radius 1 is 1.60 bits per heavy atom. The van der Waals surface area contributed by atoms with Gasteiger partial charge in [-0.25, -0.2) is 0 Å². The van der Waals surface area contributed by atoms with E-state index in [1.165, 1.54) is 0 Å². The molecule has 15 heavy (non-hydrogen) atoms. The lowest BCUT2D eigenvalue weighted by Crippen LogP contribution is -1.98. The molecule has 2 rings (SSSR count). The van der Waals surface area contributed by atoms with Gasteiger partial charge in [-0.2, -0.15) is 5.10 Å². The van der Waals surface area contributed by atoms with Crippen molar-refractivity contribution in [3.63, 3.8) is 0 Å². The minimum atomic E-state index is 0.691. The predicted octanol–water partition coefficient (Wildman–Crippen LogP) is 2.59. The Morgan fingerprint density at radius 3 is 2.87 bits per heavy atom. The van der Waals surface area contributed by atoms with E-state index in [-0.39, 0.29) is 0 Å². The summed E-state index contributed by atoms with van der Waals surface area (Å²) < 4.78 is 7.95. The Balaban J connectivity index is 2.63. The SMILES string of the molecule is CCc1c(-c2occc2Br)nn(C)c1N. The van der Waals surface area contributed by atoms with Crippen LogP contribution < -0.4 is 5.73 Å². The molecule has 2 aromatic heterocycles. The first-order valence-corrected chi connectivity index (χ1v) is 5.49. The van der Waals surface area contributed by atoms with Crippen molar-refractivity contribution < 1.29 is 4.42 Å². The summed E-state index contributed by atoms with van der Waals surface area (Å²) in [7, 11) is 1.83. The second-order valence-electron chi connectivity index (χ2n) is 3.29. The molecular formula is C10H12BrN3O. The van der Waals surface area contributed by atoms with Crippen LogP contribution in [0.3, 0.4) is 0 Å². The first kappa shape index (κ1) is 10.3. The summed E-state index contributed by atoms with van der Waals surface area (Å²) in [5.74, 6) is 1.43. The van der Waals surface area contributed by atoms with Crippen molar-refractivity contribution in [1.82, 2.24) is 9.78 Å². The van der Waals surface area contributed by atoms with Gasteiger partial charge in [0.25, 0.3) is 0 Å². The molecule has 5 heteroatoms. The third-order valence-corrected chi connectivity index (χ3v) is 3.00. The van der Waals surface area contributed by atoms with Gasteiger partial charge in [-0.1, -0.05) is 6.92 Å². The number of aromatic nitrogens is 2. The summed E-state index contributed by atoms with van der Waals surface area (Å²) >= 11 is 3.42. The molecule has 0 radical (unpaired) electrons. The average molecular weight is 270 g/mol. The van der Waals surface area contributed by atoms with E-state index in [9.17, 15) is 0 Å². The van der Waals surface area contributed by atoms with E-state index >= 15 is 0 Å². The van der Waals surface area contributed by atoms with Crippen LogP contribution in [-0.4, -0.2) is 9.78 Å². The number of hydrogen-bond acceptors (Lipinski definition) is 3. The number of rotatable bonds is 2. The van der Waals surface area contributed by atoms with Crippen molar-refractivity contribution in [3.05, 3.63) is 22.4 Å². The smallest absolute Gasteiger partial charge is 0.168 e. The molecule has 0 fully saturated rings. The van der Waals surface area contributed by atoms with E-state index in [2.05, 4.69) is 21.0 Å². The maximum absolute atomic E-state index is 5.91. The van der Waals surface area contributed by atoms with E-state index < -0.39 is 0 Å². The fourth-order valence-electron chi connectivity index (χ4n) is 1.57. The highest BCUT2D eigenvalue weighted by atomic mass is 79.9. The fraction of sp³-hybridized carbons (Fsp3) is 0.300. The molecule has 0 atom stereocenters. The molecule has 0 unspecified atom stereocenters. The lowest BCUT2D eigenvalue weighted by atomic mass is 10.1. The first-order chi connectivity index (χ1) is 7.15. The van der Waals surface area contributed by atoms with Crippen molar-refractivity contribution in [2.75, 3.05) is 5.73 Å². The maximum Gasteiger partial charge on any atom is 0.168 e. The number of nitrogens with zero attached hydrogens (tertiary/aromatic N) is 2. The molecule has 0 saturated heterocycles. The number of nitrogens with two attached hydrogens (primary N) is 1. The second-order valence-corrected chi connectivity index (χ2v) is 4.14. The molecule has 80 valence electrons. The number of anilines is 1. The van der Waals surface area contributed by atoms with Gasteiger partial charge in [0.15, 0.2) is 5.76 Å². The van der Waals surface area contributed by atoms with Gasteiger partial charge >= 0.3 is 0 Å². The Kier molecular flexibility index (Phi) is 2.56. The van der Waals surface area contributed by atoms with Gasteiger partial charge in [-0.15, -0.1) is 0 Å². The highest BCUT2D eigenvalue weighted by molar-refractivity contribution is 9.10. The molecule has 2 aromatic rings. The minimum Gasteiger partial charge on any atom is -0.461 e. The number of aryl methyl sites for hydroxylation is 1. The van der Waals surface area contributed by atoms with Gasteiger partial charge in [-0.3, -0.25) is 4.68 Å². The van der Waals surface area contributed by atoms with Gasteiger partial charge < -0.3 is 10.2 Å². The predicted molar refractivity (Wildman–Crippen MR) is 62.4 cm³/mol. The van der Waals surface area contributed by atoms with Crippen LogP contribution in [-0.2, 0) is 13.5 Å². The van der Waals surface area contributed by atoms with E-state index in [0.717, 1.165) is 27.9 Å². The van der Waals surface area contributed by atoms with Gasteiger partial charge in [0, 0.05) is 12.6 Å². The Bertz CT molecular complexity index is 487. The van der Waals surface area contributed by atoms with Crippen LogP contribution >= 0.6 is 15.9 Å². The van der Waals surface area contributed by atoms with Gasteiger partial charge in [0.1, 0.15) is 11.5 Å². The molecule has 4 nitrogen and oxygen atoms in total. The minimum absolute atomic E-state index is 0.691. The van der Waals surface area contributed by atoms with Gasteiger partial charge in [0.2, 0.25) is 0 Å². The van der Waals surface area contributed by atoms with Crippen molar-refractivity contribution >= 4 is 21.7 Å². The van der Waals surface area contributed by atoms with Crippen LogP contribution in [0.15, 0.2) is 21.2 Å². The summed E-state index contributed by atoms with van der Waals surface area (Å²) in [6.07, 6.45) is 2.46. The standard InChI is InChI=1S/C10H12BrN3O/c1-3-6-8(13-14(2)10(6)12)9-7(11)4-5-15-9/h4-5H,3,12H2,1-2H3. The molecule has 0 aliphatic carbocycles. The highest BCUT2D eigenvalue weighted by Gasteiger charge is 2.18. The molecule has 2 heterocycles. The molecule has 0 aliphatic heterocycles. The largest absolute Gasteiger partial charge is 0.461 e. The van der Waals surface area contributed by atoms with Crippen LogP contribution in [0.25, 0.3) is 11.5 Å². The summed E-state index contributed by atoms with van der Waals surface area (Å²) in [5, 5.41) is 4.35. The van der Waals surface area contributed by atoms with Gasteiger partial charge in [0.05, 0.1) is 10.7 Å². The highest BCUT2D eigenvalue weighted by Crippen LogP contribution is 2.33. The average Bonchev–Trinajstić information content (AvgIpc) is 2.73. The number of halogens is 1. The summed E-state index contributed by atoms with van der Waals surface area (Å²) in [4.78, 5) is 0. The Morgan fingerprint density at radius 2 is 2.33 bits per heavy atom. The third kappa shape index (κ3) is 1.56. The van der Waals surface area contributed by atoms with E-state index in [4.69, 9.17) is 10.2 Å². The Hall–Kier alpha value is -1.23. The zero-order valence-electron chi connectivity index (χ0n) is 8.62. The maximum atomic E-state index is 5.91. The van der Waals surface area contributed by atoms with Crippen LogP contribution in [0.1, 0.15) is 12.5 Å². The number of nitrogen functional groups attached to an aromatic ring is 1. The lowest BCUT2D eigenvalue weighted by Gasteiger charge is -1.97. The van der Waals surface area contributed by atoms with Crippen LogP contribution in [0.4, 0.5) is 5.82 Å². The van der Waals surface area contributed by atoms with Crippen LogP contribution in [0, 0.1) is 0 Å². The van der Waals surface area contributed by atoms with Gasteiger partial charge in [-0.05, 0) is 28.4 Å². The van der Waals surface area contributed by atoms with Crippen LogP contribution in [0.5, 0.6) is 0 Å². The molecule has 0 aliphatic rings.